The maximum atomic E-state index is 10.9. The van der Waals surface area contributed by atoms with E-state index >= 15 is 0 Å². The molecule has 1 heterocycles. The van der Waals surface area contributed by atoms with Crippen LogP contribution in [0.4, 0.5) is 4.79 Å². The van der Waals surface area contributed by atoms with Crippen molar-refractivity contribution in [1.82, 2.24) is 15.4 Å². The van der Waals surface area contributed by atoms with Crippen LogP contribution in [0.5, 0.6) is 0 Å². The summed E-state index contributed by atoms with van der Waals surface area (Å²) in [5, 5.41) is 5.73. The standard InChI is InChI=1S/C5H12BN3O/c6-8-2-4-9-3-1-7-5(9)10/h8H,1-4,6H2,(H,7,10). The van der Waals surface area contributed by atoms with Crippen molar-refractivity contribution in [2.24, 2.45) is 0 Å². The summed E-state index contributed by atoms with van der Waals surface area (Å²) in [5.74, 6) is 0. The Labute approximate surface area is 61.4 Å². The lowest BCUT2D eigenvalue weighted by Crippen LogP contribution is -2.33. The number of nitrogens with one attached hydrogen (secondary N) is 2. The fourth-order valence-corrected chi connectivity index (χ4v) is 0.971. The van der Waals surface area contributed by atoms with Gasteiger partial charge in [0, 0.05) is 26.2 Å². The average molecular weight is 141 g/mol. The van der Waals surface area contributed by atoms with E-state index in [1.54, 1.807) is 4.90 Å². The van der Waals surface area contributed by atoms with Crippen molar-refractivity contribution < 1.29 is 4.79 Å². The molecular formula is C5H12BN3O. The molecule has 5 heteroatoms. The molecule has 1 aliphatic rings. The largest absolute Gasteiger partial charge is 0.360 e. The van der Waals surface area contributed by atoms with Crippen LogP contribution in [0.2, 0.25) is 0 Å². The zero-order valence-electron chi connectivity index (χ0n) is 6.18. The van der Waals surface area contributed by atoms with E-state index in [4.69, 9.17) is 0 Å². The van der Waals surface area contributed by atoms with Crippen molar-refractivity contribution in [1.29, 1.82) is 0 Å². The van der Waals surface area contributed by atoms with Crippen molar-refractivity contribution in [3.8, 4) is 0 Å². The van der Waals surface area contributed by atoms with Crippen LogP contribution in [-0.2, 0) is 0 Å². The Hall–Kier alpha value is -0.705. The Bertz CT molecular complexity index is 130. The summed E-state index contributed by atoms with van der Waals surface area (Å²) in [6, 6.07) is 0.0650. The van der Waals surface area contributed by atoms with Gasteiger partial charge in [-0.2, -0.15) is 0 Å². The first-order chi connectivity index (χ1) is 4.84. The van der Waals surface area contributed by atoms with Crippen LogP contribution < -0.4 is 10.5 Å². The van der Waals surface area contributed by atoms with Crippen LogP contribution in [0.1, 0.15) is 0 Å². The zero-order valence-corrected chi connectivity index (χ0v) is 6.18. The summed E-state index contributed by atoms with van der Waals surface area (Å²) in [6.07, 6.45) is 0. The van der Waals surface area contributed by atoms with Gasteiger partial charge in [-0.1, -0.05) is 0 Å². The third kappa shape index (κ3) is 1.64. The van der Waals surface area contributed by atoms with Crippen LogP contribution in [-0.4, -0.2) is 45.1 Å². The molecule has 0 radical (unpaired) electrons. The number of hydrogen-bond donors (Lipinski definition) is 2. The molecule has 0 aliphatic carbocycles. The number of nitrogens with zero attached hydrogens (tertiary/aromatic N) is 1. The SMILES string of the molecule is BNCCN1CCNC1=O. The van der Waals surface area contributed by atoms with Gasteiger partial charge < -0.3 is 15.4 Å². The van der Waals surface area contributed by atoms with Crippen molar-refractivity contribution in [3.63, 3.8) is 0 Å². The molecular weight excluding hydrogens is 129 g/mol. The fourth-order valence-electron chi connectivity index (χ4n) is 0.971. The van der Waals surface area contributed by atoms with Gasteiger partial charge in [-0.05, 0) is 0 Å². The van der Waals surface area contributed by atoms with Gasteiger partial charge in [0.15, 0.2) is 7.98 Å². The van der Waals surface area contributed by atoms with Crippen LogP contribution >= 0.6 is 0 Å². The number of carbonyl (C=O) groups excluding carboxylic acids is 1. The highest BCUT2D eigenvalue weighted by Crippen LogP contribution is 1.93. The summed E-state index contributed by atoms with van der Waals surface area (Å²) in [4.78, 5) is 12.7. The highest BCUT2D eigenvalue weighted by molar-refractivity contribution is 6.04. The maximum absolute atomic E-state index is 10.9. The first-order valence-electron chi connectivity index (χ1n) is 3.52. The molecule has 0 bridgehead atoms. The monoisotopic (exact) mass is 141 g/mol. The molecule has 0 aromatic rings. The van der Waals surface area contributed by atoms with E-state index in [0.717, 1.165) is 26.2 Å². The second kappa shape index (κ2) is 3.46. The molecule has 1 aliphatic heterocycles. The van der Waals surface area contributed by atoms with Crippen LogP contribution in [0.15, 0.2) is 0 Å². The summed E-state index contributed by atoms with van der Waals surface area (Å²) in [6.45, 7) is 3.32. The molecule has 0 spiro atoms. The fraction of sp³-hybridized carbons (Fsp3) is 0.800. The van der Waals surface area contributed by atoms with Crippen molar-refractivity contribution in [3.05, 3.63) is 0 Å². The highest BCUT2D eigenvalue weighted by atomic mass is 16.2. The second-order valence-electron chi connectivity index (χ2n) is 2.32. The predicted octanol–water partition coefficient (Wildman–Crippen LogP) is -1.85. The smallest absolute Gasteiger partial charge is 0.317 e. The third-order valence-corrected chi connectivity index (χ3v) is 1.58. The minimum Gasteiger partial charge on any atom is -0.360 e. The number of urea groups is 1. The van der Waals surface area contributed by atoms with Crippen molar-refractivity contribution >= 4 is 14.0 Å². The summed E-state index contributed by atoms with van der Waals surface area (Å²) < 4.78 is 0. The van der Waals surface area contributed by atoms with Gasteiger partial charge in [-0.3, -0.25) is 0 Å². The van der Waals surface area contributed by atoms with Crippen molar-refractivity contribution in [2.45, 2.75) is 0 Å². The van der Waals surface area contributed by atoms with Crippen LogP contribution in [0.3, 0.4) is 0 Å². The third-order valence-electron chi connectivity index (χ3n) is 1.58. The van der Waals surface area contributed by atoms with E-state index in [1.807, 2.05) is 7.98 Å². The minimum atomic E-state index is 0.0650. The Morgan fingerprint density at radius 2 is 2.60 bits per heavy atom. The quantitative estimate of drug-likeness (QED) is 0.453. The molecule has 0 atom stereocenters. The molecule has 0 aromatic carbocycles. The minimum absolute atomic E-state index is 0.0650. The van der Waals surface area contributed by atoms with Gasteiger partial charge in [0.1, 0.15) is 0 Å². The van der Waals surface area contributed by atoms with Gasteiger partial charge in [-0.15, -0.1) is 0 Å². The topological polar surface area (TPSA) is 44.4 Å². The van der Waals surface area contributed by atoms with Gasteiger partial charge >= 0.3 is 6.03 Å². The number of carbonyl (C=O) groups is 1. The molecule has 2 amide bonds. The number of rotatable bonds is 3. The Morgan fingerprint density at radius 3 is 3.10 bits per heavy atom. The lowest BCUT2D eigenvalue weighted by Gasteiger charge is -2.12. The van der Waals surface area contributed by atoms with Gasteiger partial charge in [-0.25, -0.2) is 4.79 Å². The summed E-state index contributed by atoms with van der Waals surface area (Å²) in [7, 11) is 1.88. The van der Waals surface area contributed by atoms with E-state index in [0.29, 0.717) is 0 Å². The highest BCUT2D eigenvalue weighted by Gasteiger charge is 2.17. The molecule has 10 heavy (non-hydrogen) atoms. The Kier molecular flexibility index (Phi) is 2.56. The Balaban J connectivity index is 2.20. The van der Waals surface area contributed by atoms with E-state index in [9.17, 15) is 4.79 Å². The molecule has 56 valence electrons. The second-order valence-corrected chi connectivity index (χ2v) is 2.32. The van der Waals surface area contributed by atoms with Gasteiger partial charge in [0.2, 0.25) is 0 Å². The normalized spacial score (nSPS) is 17.6. The summed E-state index contributed by atoms with van der Waals surface area (Å²) in [5.41, 5.74) is 0. The Morgan fingerprint density at radius 1 is 1.80 bits per heavy atom. The van der Waals surface area contributed by atoms with E-state index in [2.05, 4.69) is 10.5 Å². The first-order valence-corrected chi connectivity index (χ1v) is 3.52. The van der Waals surface area contributed by atoms with Gasteiger partial charge in [0.05, 0.1) is 0 Å². The number of amides is 2. The molecule has 2 N–H and O–H groups in total. The van der Waals surface area contributed by atoms with E-state index < -0.39 is 0 Å². The molecule has 4 nitrogen and oxygen atoms in total. The van der Waals surface area contributed by atoms with Gasteiger partial charge in [0.25, 0.3) is 0 Å². The molecule has 1 rings (SSSR count). The zero-order chi connectivity index (χ0) is 7.40. The van der Waals surface area contributed by atoms with E-state index in [1.165, 1.54) is 0 Å². The molecule has 0 saturated carbocycles. The molecule has 0 aromatic heterocycles. The average Bonchev–Trinajstić information content (AvgIpc) is 2.31. The van der Waals surface area contributed by atoms with Crippen molar-refractivity contribution in [2.75, 3.05) is 26.2 Å². The van der Waals surface area contributed by atoms with Crippen LogP contribution in [0.25, 0.3) is 0 Å². The predicted molar refractivity (Wildman–Crippen MR) is 41.5 cm³/mol. The maximum Gasteiger partial charge on any atom is 0.317 e. The molecule has 1 fully saturated rings. The molecule has 0 unspecified atom stereocenters. The molecule has 1 saturated heterocycles. The lowest BCUT2D eigenvalue weighted by atomic mass is 10.4. The number of hydrogen-bond acceptors (Lipinski definition) is 2. The lowest BCUT2D eigenvalue weighted by molar-refractivity contribution is 0.218. The van der Waals surface area contributed by atoms with Crippen LogP contribution in [0, 0.1) is 0 Å². The summed E-state index contributed by atoms with van der Waals surface area (Å²) >= 11 is 0. The first kappa shape index (κ1) is 7.40. The van der Waals surface area contributed by atoms with E-state index in [-0.39, 0.29) is 6.03 Å².